The van der Waals surface area contributed by atoms with Crippen molar-refractivity contribution in [2.24, 2.45) is 0 Å². The highest BCUT2D eigenvalue weighted by Gasteiger charge is 2.24. The Kier molecular flexibility index (Phi) is 8.33. The Balaban J connectivity index is 1.53. The number of ether oxygens (including phenoxy) is 1. The molecule has 3 aromatic carbocycles. The molecule has 1 heterocycles. The van der Waals surface area contributed by atoms with Crippen LogP contribution < -0.4 is 25.2 Å². The van der Waals surface area contributed by atoms with Gasteiger partial charge in [0.05, 0.1) is 18.4 Å². The lowest BCUT2D eigenvalue weighted by Gasteiger charge is -2.38. The van der Waals surface area contributed by atoms with Crippen LogP contribution in [0.15, 0.2) is 66.7 Å². The topological polar surface area (TPSA) is 73.9 Å². The Morgan fingerprint density at radius 1 is 0.865 bits per heavy atom. The van der Waals surface area contributed by atoms with Gasteiger partial charge in [0.25, 0.3) is 11.8 Å². The van der Waals surface area contributed by atoms with Crippen molar-refractivity contribution in [3.05, 3.63) is 83.4 Å². The zero-order valence-corrected chi connectivity index (χ0v) is 22.1. The summed E-state index contributed by atoms with van der Waals surface area (Å²) in [4.78, 5) is 30.6. The molecule has 1 aliphatic rings. The first kappa shape index (κ1) is 26.1. The number of benzene rings is 3. The normalized spacial score (nSPS) is 13.4. The zero-order valence-electron chi connectivity index (χ0n) is 22.1. The van der Waals surface area contributed by atoms with Crippen molar-refractivity contribution in [3.63, 3.8) is 0 Å². The molecule has 2 N–H and O–H groups in total. The minimum Gasteiger partial charge on any atom is -0.495 e. The summed E-state index contributed by atoms with van der Waals surface area (Å²) in [5, 5.41) is 5.96. The van der Waals surface area contributed by atoms with E-state index in [2.05, 4.69) is 33.4 Å². The van der Waals surface area contributed by atoms with Gasteiger partial charge in [-0.25, -0.2) is 0 Å². The molecule has 2 amide bonds. The summed E-state index contributed by atoms with van der Waals surface area (Å²) in [5.41, 5.74) is 4.85. The molecule has 0 atom stereocenters. The largest absolute Gasteiger partial charge is 0.495 e. The number of para-hydroxylation sites is 2. The van der Waals surface area contributed by atoms with E-state index in [1.165, 1.54) is 5.56 Å². The third-order valence-corrected chi connectivity index (χ3v) is 6.59. The van der Waals surface area contributed by atoms with Crippen molar-refractivity contribution in [3.8, 4) is 5.75 Å². The third kappa shape index (κ3) is 6.23. The van der Waals surface area contributed by atoms with Crippen LogP contribution in [-0.2, 0) is 6.42 Å². The van der Waals surface area contributed by atoms with Crippen molar-refractivity contribution < 1.29 is 14.3 Å². The van der Waals surface area contributed by atoms with Crippen LogP contribution in [0.4, 0.5) is 17.1 Å². The van der Waals surface area contributed by atoms with Crippen molar-refractivity contribution in [2.45, 2.75) is 33.2 Å². The molecular weight excluding hydrogens is 464 g/mol. The monoisotopic (exact) mass is 500 g/mol. The molecule has 1 fully saturated rings. The van der Waals surface area contributed by atoms with Crippen LogP contribution in [0.25, 0.3) is 0 Å². The number of nitrogens with one attached hydrogen (secondary N) is 2. The number of carbonyl (C=O) groups is 2. The Labute approximate surface area is 219 Å². The maximum absolute atomic E-state index is 13.2. The second-order valence-electron chi connectivity index (χ2n) is 9.51. The summed E-state index contributed by atoms with van der Waals surface area (Å²) in [7, 11) is 1.69. The summed E-state index contributed by atoms with van der Waals surface area (Å²) < 4.78 is 5.54. The highest BCUT2D eigenvalue weighted by Crippen LogP contribution is 2.31. The molecule has 0 aliphatic carbocycles. The van der Waals surface area contributed by atoms with Crippen LogP contribution >= 0.6 is 0 Å². The summed E-state index contributed by atoms with van der Waals surface area (Å²) in [6.07, 6.45) is 0.921. The molecule has 194 valence electrons. The Morgan fingerprint density at radius 2 is 1.51 bits per heavy atom. The molecule has 7 heteroatoms. The van der Waals surface area contributed by atoms with Crippen LogP contribution in [0.5, 0.6) is 5.75 Å². The third-order valence-electron chi connectivity index (χ3n) is 6.59. The SMILES string of the molecule is CCc1ccc(C(=O)Nc2ccc(N3CCN(c4ccccc4OC)CC3)c(C(=O)NC(C)C)c2)cc1. The number of anilines is 3. The number of rotatable bonds is 8. The average Bonchev–Trinajstić information content (AvgIpc) is 2.92. The summed E-state index contributed by atoms with van der Waals surface area (Å²) in [6.45, 7) is 9.09. The quantitative estimate of drug-likeness (QED) is 0.457. The number of hydrogen-bond acceptors (Lipinski definition) is 5. The Morgan fingerprint density at radius 3 is 2.14 bits per heavy atom. The Bertz CT molecular complexity index is 1230. The van der Waals surface area contributed by atoms with Crippen molar-refractivity contribution in [1.29, 1.82) is 0 Å². The molecule has 0 radical (unpaired) electrons. The molecule has 37 heavy (non-hydrogen) atoms. The minimum atomic E-state index is -0.198. The lowest BCUT2D eigenvalue weighted by Crippen LogP contribution is -2.47. The second-order valence-corrected chi connectivity index (χ2v) is 9.51. The molecule has 7 nitrogen and oxygen atoms in total. The second kappa shape index (κ2) is 11.8. The molecule has 0 bridgehead atoms. The van der Waals surface area contributed by atoms with Gasteiger partial charge in [0.15, 0.2) is 0 Å². The van der Waals surface area contributed by atoms with Crippen LogP contribution in [0.1, 0.15) is 47.1 Å². The molecule has 1 aliphatic heterocycles. The fourth-order valence-electron chi connectivity index (χ4n) is 4.59. The van der Waals surface area contributed by atoms with E-state index in [9.17, 15) is 9.59 Å². The van der Waals surface area contributed by atoms with E-state index < -0.39 is 0 Å². The highest BCUT2D eigenvalue weighted by atomic mass is 16.5. The number of piperazine rings is 1. The van der Waals surface area contributed by atoms with Crippen LogP contribution in [0, 0.1) is 0 Å². The first-order chi connectivity index (χ1) is 17.9. The molecule has 1 saturated heterocycles. The van der Waals surface area contributed by atoms with Gasteiger partial charge in [-0.2, -0.15) is 0 Å². The smallest absolute Gasteiger partial charge is 0.255 e. The molecule has 0 aromatic heterocycles. The highest BCUT2D eigenvalue weighted by molar-refractivity contribution is 6.06. The summed E-state index contributed by atoms with van der Waals surface area (Å²) in [6, 6.07) is 21.2. The summed E-state index contributed by atoms with van der Waals surface area (Å²) in [5.74, 6) is 0.508. The molecule has 4 rings (SSSR count). The fraction of sp³-hybridized carbons (Fsp3) is 0.333. The molecule has 0 saturated carbocycles. The van der Waals surface area contributed by atoms with Crippen molar-refractivity contribution in [2.75, 3.05) is 48.4 Å². The zero-order chi connectivity index (χ0) is 26.4. The van der Waals surface area contributed by atoms with Gasteiger partial charge < -0.3 is 25.2 Å². The minimum absolute atomic E-state index is 0.00179. The van der Waals surface area contributed by atoms with Gasteiger partial charge in [-0.15, -0.1) is 0 Å². The number of carbonyl (C=O) groups excluding carboxylic acids is 2. The molecule has 0 spiro atoms. The van der Waals surface area contributed by atoms with E-state index in [0.717, 1.165) is 49.7 Å². The number of hydrogen-bond donors (Lipinski definition) is 2. The van der Waals surface area contributed by atoms with Gasteiger partial charge >= 0.3 is 0 Å². The van der Waals surface area contributed by atoms with Gasteiger partial charge in [0.2, 0.25) is 0 Å². The van der Waals surface area contributed by atoms with E-state index in [1.54, 1.807) is 13.2 Å². The first-order valence-corrected chi connectivity index (χ1v) is 12.9. The van der Waals surface area contributed by atoms with Crippen LogP contribution in [0.2, 0.25) is 0 Å². The number of methoxy groups -OCH3 is 1. The molecule has 3 aromatic rings. The predicted molar refractivity (Wildman–Crippen MR) is 150 cm³/mol. The van der Waals surface area contributed by atoms with Crippen molar-refractivity contribution in [1.82, 2.24) is 5.32 Å². The van der Waals surface area contributed by atoms with E-state index in [4.69, 9.17) is 4.74 Å². The van der Waals surface area contributed by atoms with E-state index >= 15 is 0 Å². The standard InChI is InChI=1S/C30H36N4O3/c1-5-22-10-12-23(13-11-22)29(35)32-24-14-15-26(25(20-24)30(36)31-21(2)3)33-16-18-34(19-17-33)27-8-6-7-9-28(27)37-4/h6-15,20-21H,5,16-19H2,1-4H3,(H,31,36)(H,32,35). The maximum Gasteiger partial charge on any atom is 0.255 e. The molecular formula is C30H36N4O3. The van der Waals surface area contributed by atoms with Crippen LogP contribution in [0.3, 0.4) is 0 Å². The van der Waals surface area contributed by atoms with Crippen LogP contribution in [-0.4, -0.2) is 51.1 Å². The van der Waals surface area contributed by atoms with Gasteiger partial charge in [-0.3, -0.25) is 9.59 Å². The van der Waals surface area contributed by atoms with Gasteiger partial charge in [0.1, 0.15) is 5.75 Å². The lowest BCUT2D eigenvalue weighted by atomic mass is 10.1. The fourth-order valence-corrected chi connectivity index (χ4v) is 4.59. The number of nitrogens with zero attached hydrogens (tertiary/aromatic N) is 2. The molecule has 0 unspecified atom stereocenters. The van der Waals surface area contributed by atoms with Gasteiger partial charge in [0, 0.05) is 49.2 Å². The summed E-state index contributed by atoms with van der Waals surface area (Å²) >= 11 is 0. The Hall–Kier alpha value is -4.00. The lowest BCUT2D eigenvalue weighted by molar-refractivity contribution is 0.0942. The van der Waals surface area contributed by atoms with E-state index in [0.29, 0.717) is 16.8 Å². The van der Waals surface area contributed by atoms with Gasteiger partial charge in [-0.1, -0.05) is 31.2 Å². The predicted octanol–water partition coefficient (Wildman–Crippen LogP) is 4.97. The van der Waals surface area contributed by atoms with Gasteiger partial charge in [-0.05, 0) is 68.3 Å². The maximum atomic E-state index is 13.2. The van der Waals surface area contributed by atoms with E-state index in [1.807, 2.05) is 68.4 Å². The number of aryl methyl sites for hydroxylation is 1. The number of amides is 2. The average molecular weight is 501 g/mol. The van der Waals surface area contributed by atoms with E-state index in [-0.39, 0.29) is 17.9 Å². The van der Waals surface area contributed by atoms with Crippen molar-refractivity contribution >= 4 is 28.9 Å². The first-order valence-electron chi connectivity index (χ1n) is 12.9.